The van der Waals surface area contributed by atoms with E-state index in [0.29, 0.717) is 5.92 Å². The minimum atomic E-state index is 0.653. The Morgan fingerprint density at radius 1 is 1.64 bits per heavy atom. The van der Waals surface area contributed by atoms with Gasteiger partial charge in [-0.15, -0.1) is 0 Å². The zero-order chi connectivity index (χ0) is 10.1. The number of aromatic nitrogens is 1. The number of hydrogen-bond acceptors (Lipinski definition) is 3. The monoisotopic (exact) mass is 255 g/mol. The summed E-state index contributed by atoms with van der Waals surface area (Å²) in [6.45, 7) is 4.97. The molecule has 1 aliphatic rings. The van der Waals surface area contributed by atoms with Gasteiger partial charge in [-0.25, -0.2) is 4.98 Å². The van der Waals surface area contributed by atoms with Crippen molar-refractivity contribution in [3.63, 3.8) is 0 Å². The molecule has 76 valence electrons. The first-order valence-corrected chi connectivity index (χ1v) is 5.57. The highest BCUT2D eigenvalue weighted by molar-refractivity contribution is 9.10. The van der Waals surface area contributed by atoms with Crippen LogP contribution >= 0.6 is 15.9 Å². The minimum Gasteiger partial charge on any atom is -0.356 e. The van der Waals surface area contributed by atoms with Crippen molar-refractivity contribution in [1.82, 2.24) is 4.98 Å². The molecule has 1 aromatic rings. The second-order valence-electron chi connectivity index (χ2n) is 3.80. The molecule has 1 aliphatic heterocycles. The molecule has 0 spiro atoms. The van der Waals surface area contributed by atoms with E-state index in [2.05, 4.69) is 38.8 Å². The first kappa shape index (κ1) is 9.93. The van der Waals surface area contributed by atoms with Crippen LogP contribution in [0, 0.1) is 12.8 Å². The molecule has 0 atom stereocenters. The summed E-state index contributed by atoms with van der Waals surface area (Å²) in [6, 6.07) is 2.10. The van der Waals surface area contributed by atoms with Crippen molar-refractivity contribution in [2.45, 2.75) is 6.92 Å². The van der Waals surface area contributed by atoms with E-state index in [1.54, 1.807) is 0 Å². The Morgan fingerprint density at radius 2 is 2.36 bits per heavy atom. The zero-order valence-electron chi connectivity index (χ0n) is 8.20. The van der Waals surface area contributed by atoms with Crippen LogP contribution in [0.5, 0.6) is 0 Å². The van der Waals surface area contributed by atoms with Gasteiger partial charge >= 0.3 is 0 Å². The fourth-order valence-corrected chi connectivity index (χ4v) is 2.20. The van der Waals surface area contributed by atoms with Gasteiger partial charge in [0.15, 0.2) is 0 Å². The van der Waals surface area contributed by atoms with E-state index in [-0.39, 0.29) is 0 Å². The number of nitrogens with zero attached hydrogens (tertiary/aromatic N) is 2. The molecule has 3 nitrogen and oxygen atoms in total. The van der Waals surface area contributed by atoms with Crippen molar-refractivity contribution in [2.24, 2.45) is 11.7 Å². The van der Waals surface area contributed by atoms with Crippen molar-refractivity contribution in [3.05, 3.63) is 22.3 Å². The van der Waals surface area contributed by atoms with Crippen molar-refractivity contribution in [3.8, 4) is 0 Å². The van der Waals surface area contributed by atoms with Gasteiger partial charge in [0.05, 0.1) is 0 Å². The van der Waals surface area contributed by atoms with Crippen molar-refractivity contribution >= 4 is 21.7 Å². The molecule has 4 heteroatoms. The standard InChI is InChI=1S/C10H14BrN3/c1-7-2-9(11)4-13-10(7)14-5-8(3-12)6-14/h2,4,8H,3,5-6,12H2,1H3. The molecule has 1 aromatic heterocycles. The van der Waals surface area contributed by atoms with Gasteiger partial charge in [-0.2, -0.15) is 0 Å². The topological polar surface area (TPSA) is 42.2 Å². The van der Waals surface area contributed by atoms with E-state index >= 15 is 0 Å². The Labute approximate surface area is 92.4 Å². The van der Waals surface area contributed by atoms with Gasteiger partial charge in [-0.1, -0.05) is 0 Å². The minimum absolute atomic E-state index is 0.653. The van der Waals surface area contributed by atoms with Crippen LogP contribution in [-0.2, 0) is 0 Å². The first-order chi connectivity index (χ1) is 6.70. The molecule has 2 rings (SSSR count). The second-order valence-corrected chi connectivity index (χ2v) is 4.72. The average Bonchev–Trinajstić information content (AvgIpc) is 2.06. The SMILES string of the molecule is Cc1cc(Br)cnc1N1CC(CN)C1. The van der Waals surface area contributed by atoms with Crippen LogP contribution in [0.25, 0.3) is 0 Å². The number of anilines is 1. The lowest BCUT2D eigenvalue weighted by Crippen LogP contribution is -2.50. The van der Waals surface area contributed by atoms with E-state index in [9.17, 15) is 0 Å². The number of rotatable bonds is 2. The maximum Gasteiger partial charge on any atom is 0.131 e. The highest BCUT2D eigenvalue weighted by Gasteiger charge is 2.27. The van der Waals surface area contributed by atoms with Gasteiger partial charge in [0, 0.05) is 29.7 Å². The Morgan fingerprint density at radius 3 is 2.93 bits per heavy atom. The van der Waals surface area contributed by atoms with Crippen LogP contribution < -0.4 is 10.6 Å². The van der Waals surface area contributed by atoms with Crippen LogP contribution in [0.1, 0.15) is 5.56 Å². The quantitative estimate of drug-likeness (QED) is 0.872. The van der Waals surface area contributed by atoms with E-state index in [1.807, 2.05) is 6.20 Å². The third-order valence-corrected chi connectivity index (χ3v) is 3.04. The van der Waals surface area contributed by atoms with Gasteiger partial charge in [-0.3, -0.25) is 0 Å². The molecule has 0 amide bonds. The zero-order valence-corrected chi connectivity index (χ0v) is 9.79. The van der Waals surface area contributed by atoms with Crippen LogP contribution in [0.4, 0.5) is 5.82 Å². The number of nitrogens with two attached hydrogens (primary N) is 1. The third-order valence-electron chi connectivity index (χ3n) is 2.61. The van der Waals surface area contributed by atoms with Crippen LogP contribution in [0.2, 0.25) is 0 Å². The summed E-state index contributed by atoms with van der Waals surface area (Å²) in [5, 5.41) is 0. The molecule has 0 saturated carbocycles. The Kier molecular flexibility index (Phi) is 2.74. The van der Waals surface area contributed by atoms with Gasteiger partial charge in [-0.05, 0) is 41.0 Å². The Hall–Kier alpha value is -0.610. The molecule has 0 aliphatic carbocycles. The van der Waals surface area contributed by atoms with E-state index in [0.717, 1.165) is 29.9 Å². The first-order valence-electron chi connectivity index (χ1n) is 4.78. The molecule has 2 heterocycles. The van der Waals surface area contributed by atoms with Crippen LogP contribution in [-0.4, -0.2) is 24.6 Å². The van der Waals surface area contributed by atoms with E-state index < -0.39 is 0 Å². The summed E-state index contributed by atoms with van der Waals surface area (Å²) in [4.78, 5) is 6.68. The maximum absolute atomic E-state index is 5.58. The van der Waals surface area contributed by atoms with Crippen molar-refractivity contribution < 1.29 is 0 Å². The number of hydrogen-bond donors (Lipinski definition) is 1. The molecule has 0 aromatic carbocycles. The maximum atomic E-state index is 5.58. The lowest BCUT2D eigenvalue weighted by molar-refractivity contribution is 0.416. The van der Waals surface area contributed by atoms with Crippen LogP contribution in [0.15, 0.2) is 16.7 Å². The molecule has 1 saturated heterocycles. The highest BCUT2D eigenvalue weighted by atomic mass is 79.9. The molecule has 2 N–H and O–H groups in total. The van der Waals surface area contributed by atoms with Crippen molar-refractivity contribution in [2.75, 3.05) is 24.5 Å². The fraction of sp³-hybridized carbons (Fsp3) is 0.500. The Bertz CT molecular complexity index is 334. The lowest BCUT2D eigenvalue weighted by atomic mass is 10.00. The molecular formula is C10H14BrN3. The van der Waals surface area contributed by atoms with E-state index in [1.165, 1.54) is 5.56 Å². The summed E-state index contributed by atoms with van der Waals surface area (Å²) >= 11 is 3.41. The number of aryl methyl sites for hydroxylation is 1. The number of halogens is 1. The predicted octanol–water partition coefficient (Wildman–Crippen LogP) is 1.55. The van der Waals surface area contributed by atoms with Gasteiger partial charge < -0.3 is 10.6 Å². The van der Waals surface area contributed by atoms with Crippen molar-refractivity contribution in [1.29, 1.82) is 0 Å². The van der Waals surface area contributed by atoms with Gasteiger partial charge in [0.25, 0.3) is 0 Å². The summed E-state index contributed by atoms with van der Waals surface area (Å²) in [5.74, 6) is 1.75. The third kappa shape index (κ3) is 1.77. The Balaban J connectivity index is 2.11. The summed E-state index contributed by atoms with van der Waals surface area (Å²) in [6.07, 6.45) is 1.85. The number of pyridine rings is 1. The summed E-state index contributed by atoms with van der Waals surface area (Å²) in [5.41, 5.74) is 6.80. The normalized spacial score (nSPS) is 16.9. The smallest absolute Gasteiger partial charge is 0.131 e. The fourth-order valence-electron chi connectivity index (χ4n) is 1.76. The van der Waals surface area contributed by atoms with Gasteiger partial charge in [0.2, 0.25) is 0 Å². The molecule has 0 radical (unpaired) electrons. The molecule has 1 fully saturated rings. The summed E-state index contributed by atoms with van der Waals surface area (Å²) in [7, 11) is 0. The van der Waals surface area contributed by atoms with E-state index in [4.69, 9.17) is 5.73 Å². The highest BCUT2D eigenvalue weighted by Crippen LogP contribution is 2.26. The second kappa shape index (κ2) is 3.87. The molecule has 14 heavy (non-hydrogen) atoms. The van der Waals surface area contributed by atoms with Crippen LogP contribution in [0.3, 0.4) is 0 Å². The molecule has 0 bridgehead atoms. The molecular weight excluding hydrogens is 242 g/mol. The predicted molar refractivity (Wildman–Crippen MR) is 61.4 cm³/mol. The average molecular weight is 256 g/mol. The van der Waals surface area contributed by atoms with Gasteiger partial charge in [0.1, 0.15) is 5.82 Å². The molecule has 0 unspecified atom stereocenters. The largest absolute Gasteiger partial charge is 0.356 e. The lowest BCUT2D eigenvalue weighted by Gasteiger charge is -2.40. The summed E-state index contributed by atoms with van der Waals surface area (Å²) < 4.78 is 1.04.